The molecule has 1 aromatic carbocycles. The minimum absolute atomic E-state index is 0.129. The third-order valence-electron chi connectivity index (χ3n) is 4.76. The van der Waals surface area contributed by atoms with Gasteiger partial charge in [0.15, 0.2) is 0 Å². The van der Waals surface area contributed by atoms with Crippen molar-refractivity contribution >= 4 is 43.9 Å². The van der Waals surface area contributed by atoms with Crippen LogP contribution in [0.15, 0.2) is 66.1 Å². The number of nitrogens with zero attached hydrogens (tertiary/aromatic N) is 3. The first-order valence-electron chi connectivity index (χ1n) is 9.24. The van der Waals surface area contributed by atoms with E-state index in [0.717, 1.165) is 10.9 Å². The summed E-state index contributed by atoms with van der Waals surface area (Å²) in [6, 6.07) is 10.5. The minimum atomic E-state index is -3.81. The van der Waals surface area contributed by atoms with E-state index < -0.39 is 10.0 Å². The number of hydrogen-bond acceptors (Lipinski definition) is 6. The number of nitrogens with one attached hydrogen (secondary N) is 2. The molecule has 154 valence electrons. The average molecular weight is 442 g/mol. The molecule has 4 rings (SSSR count). The molecule has 0 aliphatic carbocycles. The van der Waals surface area contributed by atoms with Crippen LogP contribution >= 0.6 is 11.6 Å². The zero-order valence-corrected chi connectivity index (χ0v) is 18.0. The first kappa shape index (κ1) is 20.3. The predicted octanol–water partition coefficient (Wildman–Crippen LogP) is 4.09. The van der Waals surface area contributed by atoms with Gasteiger partial charge >= 0.3 is 0 Å². The van der Waals surface area contributed by atoms with E-state index in [9.17, 15) is 8.42 Å². The van der Waals surface area contributed by atoms with Gasteiger partial charge in [0, 0.05) is 42.4 Å². The molecular formula is C21H20ClN5O2S. The molecule has 7 nitrogen and oxygen atoms in total. The Balaban J connectivity index is 1.86. The number of aryl methyl sites for hydroxylation is 1. The van der Waals surface area contributed by atoms with E-state index in [4.69, 9.17) is 11.6 Å². The Kier molecular flexibility index (Phi) is 5.46. The van der Waals surface area contributed by atoms with Crippen molar-refractivity contribution < 1.29 is 8.42 Å². The molecule has 0 aliphatic rings. The zero-order chi connectivity index (χ0) is 21.3. The molecule has 3 aromatic heterocycles. The Bertz CT molecular complexity index is 1320. The van der Waals surface area contributed by atoms with Crippen LogP contribution in [0.1, 0.15) is 11.3 Å². The van der Waals surface area contributed by atoms with Crippen LogP contribution in [0.3, 0.4) is 0 Å². The van der Waals surface area contributed by atoms with Crippen molar-refractivity contribution in [3.63, 3.8) is 0 Å². The fraction of sp³-hybridized carbons (Fsp3) is 0.143. The summed E-state index contributed by atoms with van der Waals surface area (Å²) in [4.78, 5) is 8.25. The van der Waals surface area contributed by atoms with Gasteiger partial charge in [-0.2, -0.15) is 0 Å². The Labute approximate surface area is 179 Å². The normalized spacial score (nSPS) is 11.7. The number of aromatic nitrogens is 3. The molecule has 0 fully saturated rings. The van der Waals surface area contributed by atoms with Gasteiger partial charge in [-0.25, -0.2) is 12.4 Å². The molecule has 0 spiro atoms. The van der Waals surface area contributed by atoms with Crippen molar-refractivity contribution in [1.82, 2.24) is 19.3 Å². The lowest BCUT2D eigenvalue weighted by molar-refractivity contribution is 0.588. The van der Waals surface area contributed by atoms with E-state index in [1.165, 1.54) is 16.2 Å². The quantitative estimate of drug-likeness (QED) is 0.468. The zero-order valence-electron chi connectivity index (χ0n) is 16.4. The van der Waals surface area contributed by atoms with Crippen LogP contribution in [0.2, 0.25) is 5.02 Å². The van der Waals surface area contributed by atoms with Gasteiger partial charge in [-0.1, -0.05) is 17.7 Å². The molecule has 0 aliphatic heterocycles. The van der Waals surface area contributed by atoms with Crippen molar-refractivity contribution in [2.24, 2.45) is 0 Å². The van der Waals surface area contributed by atoms with Crippen LogP contribution in [0, 0.1) is 6.92 Å². The lowest BCUT2D eigenvalue weighted by Crippen LogP contribution is -2.12. The molecular weight excluding hydrogens is 422 g/mol. The Morgan fingerprint density at radius 3 is 2.73 bits per heavy atom. The van der Waals surface area contributed by atoms with E-state index >= 15 is 0 Å². The van der Waals surface area contributed by atoms with E-state index in [0.29, 0.717) is 34.2 Å². The van der Waals surface area contributed by atoms with Crippen LogP contribution in [-0.4, -0.2) is 29.4 Å². The van der Waals surface area contributed by atoms with E-state index in [2.05, 4.69) is 20.6 Å². The number of hydrogen-bond donors (Lipinski definition) is 2. The van der Waals surface area contributed by atoms with Crippen LogP contribution in [0.25, 0.3) is 10.9 Å². The molecule has 0 unspecified atom stereocenters. The van der Waals surface area contributed by atoms with Crippen LogP contribution in [-0.2, 0) is 16.6 Å². The summed E-state index contributed by atoms with van der Waals surface area (Å²) in [6.45, 7) is 2.36. The van der Waals surface area contributed by atoms with Crippen LogP contribution in [0.4, 0.5) is 11.4 Å². The van der Waals surface area contributed by atoms with Crippen molar-refractivity contribution in [3.8, 4) is 0 Å². The first-order chi connectivity index (χ1) is 14.4. The molecule has 0 radical (unpaired) electrons. The molecule has 0 saturated heterocycles. The summed E-state index contributed by atoms with van der Waals surface area (Å²) in [5.41, 5.74) is 3.57. The molecule has 4 aromatic rings. The van der Waals surface area contributed by atoms with Crippen molar-refractivity contribution in [2.75, 3.05) is 12.4 Å². The maximum Gasteiger partial charge on any atom is 0.269 e. The summed E-state index contributed by atoms with van der Waals surface area (Å²) in [7, 11) is -1.98. The molecule has 0 bridgehead atoms. The van der Waals surface area contributed by atoms with Crippen LogP contribution in [0.5, 0.6) is 0 Å². The number of rotatable bonds is 6. The topological polar surface area (TPSA) is 88.9 Å². The highest BCUT2D eigenvalue weighted by atomic mass is 35.5. The van der Waals surface area contributed by atoms with Gasteiger partial charge in [0.05, 0.1) is 21.9 Å². The number of benzene rings is 1. The lowest BCUT2D eigenvalue weighted by Gasteiger charge is -2.11. The second-order valence-electron chi connectivity index (χ2n) is 6.79. The first-order valence-corrected chi connectivity index (χ1v) is 11.1. The molecule has 9 heteroatoms. The van der Waals surface area contributed by atoms with Crippen molar-refractivity contribution in [2.45, 2.75) is 18.4 Å². The molecule has 3 heterocycles. The van der Waals surface area contributed by atoms with Gasteiger partial charge in [-0.3, -0.25) is 9.97 Å². The maximum absolute atomic E-state index is 13.3. The van der Waals surface area contributed by atoms with Gasteiger partial charge in [0.2, 0.25) is 0 Å². The smallest absolute Gasteiger partial charge is 0.269 e. The van der Waals surface area contributed by atoms with E-state index in [-0.39, 0.29) is 4.90 Å². The predicted molar refractivity (Wildman–Crippen MR) is 119 cm³/mol. The highest BCUT2D eigenvalue weighted by Crippen LogP contribution is 2.31. The summed E-state index contributed by atoms with van der Waals surface area (Å²) in [6.07, 6.45) is 6.21. The van der Waals surface area contributed by atoms with Gasteiger partial charge in [-0.15, -0.1) is 0 Å². The monoisotopic (exact) mass is 441 g/mol. The summed E-state index contributed by atoms with van der Waals surface area (Å²) in [5, 5.41) is 7.71. The summed E-state index contributed by atoms with van der Waals surface area (Å²) >= 11 is 6.35. The molecule has 0 atom stereocenters. The Morgan fingerprint density at radius 2 is 2.00 bits per heavy atom. The van der Waals surface area contributed by atoms with Gasteiger partial charge in [0.1, 0.15) is 4.90 Å². The average Bonchev–Trinajstić information content (AvgIpc) is 3.11. The highest BCUT2D eigenvalue weighted by Gasteiger charge is 2.21. The highest BCUT2D eigenvalue weighted by molar-refractivity contribution is 7.90. The largest absolute Gasteiger partial charge is 0.354 e. The van der Waals surface area contributed by atoms with Crippen molar-refractivity contribution in [3.05, 3.63) is 77.5 Å². The van der Waals surface area contributed by atoms with E-state index in [1.807, 2.05) is 26.1 Å². The molecule has 2 N–H and O–H groups in total. The van der Waals surface area contributed by atoms with Gasteiger partial charge in [0.25, 0.3) is 10.0 Å². The van der Waals surface area contributed by atoms with Gasteiger partial charge in [-0.05, 0) is 49.9 Å². The SMILES string of the molecule is CNCc1cn(S(=O)(=O)c2cccnc2)c2cc(Nc3ccnc(C)c3Cl)ccc12. The molecule has 30 heavy (non-hydrogen) atoms. The fourth-order valence-electron chi connectivity index (χ4n) is 3.29. The number of halogens is 1. The second kappa shape index (κ2) is 8.06. The number of anilines is 2. The number of fused-ring (bicyclic) bond motifs is 1. The Morgan fingerprint density at radius 1 is 1.17 bits per heavy atom. The number of pyridine rings is 2. The lowest BCUT2D eigenvalue weighted by atomic mass is 10.1. The third-order valence-corrected chi connectivity index (χ3v) is 6.89. The van der Waals surface area contributed by atoms with Gasteiger partial charge < -0.3 is 10.6 Å². The van der Waals surface area contributed by atoms with E-state index in [1.54, 1.807) is 36.8 Å². The summed E-state index contributed by atoms with van der Waals surface area (Å²) in [5.74, 6) is 0. The molecule has 0 amide bonds. The standard InChI is InChI=1S/C21H20ClN5O2S/c1-14-21(22)19(7-9-25-14)26-16-5-6-18-15(11-23-2)13-27(20(18)10-16)30(28,29)17-4-3-8-24-12-17/h3-10,12-13,23H,11H2,1-2H3,(H,25,26). The third kappa shape index (κ3) is 3.65. The van der Waals surface area contributed by atoms with Crippen LogP contribution < -0.4 is 10.6 Å². The second-order valence-corrected chi connectivity index (χ2v) is 8.98. The maximum atomic E-state index is 13.3. The fourth-order valence-corrected chi connectivity index (χ4v) is 4.79. The summed E-state index contributed by atoms with van der Waals surface area (Å²) < 4.78 is 27.9. The van der Waals surface area contributed by atoms with Crippen molar-refractivity contribution in [1.29, 1.82) is 0 Å². The minimum Gasteiger partial charge on any atom is -0.354 e. The molecule has 0 saturated carbocycles. The Hall–Kier alpha value is -2.94.